The van der Waals surface area contributed by atoms with Gasteiger partial charge in [-0.2, -0.15) is 0 Å². The first-order valence-corrected chi connectivity index (χ1v) is 6.43. The van der Waals surface area contributed by atoms with Crippen molar-refractivity contribution in [3.05, 3.63) is 34.6 Å². The summed E-state index contributed by atoms with van der Waals surface area (Å²) in [5.74, 6) is -0.420. The minimum atomic E-state index is -0.420. The standard InChI is InChI=1S/C13H19ClFN3O/c1-9(10-4-5-12(15)11(14)8-10)16-6-7-17-13(19)18(2)3/h4-5,8-9,16H,6-7H2,1-3H3,(H,17,19). The van der Waals surface area contributed by atoms with Crippen molar-refractivity contribution in [3.8, 4) is 0 Å². The van der Waals surface area contributed by atoms with Gasteiger partial charge in [-0.3, -0.25) is 0 Å². The molecule has 0 heterocycles. The first-order chi connectivity index (χ1) is 8.91. The number of nitrogens with zero attached hydrogens (tertiary/aromatic N) is 1. The van der Waals surface area contributed by atoms with Crippen LogP contribution in [-0.2, 0) is 0 Å². The van der Waals surface area contributed by atoms with E-state index in [9.17, 15) is 9.18 Å². The lowest BCUT2D eigenvalue weighted by Gasteiger charge is -2.16. The Hall–Kier alpha value is -1.33. The van der Waals surface area contributed by atoms with Gasteiger partial charge in [0.25, 0.3) is 0 Å². The van der Waals surface area contributed by atoms with E-state index >= 15 is 0 Å². The molecule has 6 heteroatoms. The number of hydrogen-bond acceptors (Lipinski definition) is 2. The minimum Gasteiger partial charge on any atom is -0.337 e. The second-order valence-corrected chi connectivity index (χ2v) is 4.88. The molecule has 0 aliphatic carbocycles. The molecule has 1 unspecified atom stereocenters. The molecule has 2 N–H and O–H groups in total. The topological polar surface area (TPSA) is 44.4 Å². The summed E-state index contributed by atoms with van der Waals surface area (Å²) in [7, 11) is 3.37. The van der Waals surface area contributed by atoms with Crippen LogP contribution in [0.25, 0.3) is 0 Å². The van der Waals surface area contributed by atoms with Crippen LogP contribution in [0.5, 0.6) is 0 Å². The number of benzene rings is 1. The van der Waals surface area contributed by atoms with Crippen molar-refractivity contribution in [1.82, 2.24) is 15.5 Å². The first kappa shape index (κ1) is 15.7. The van der Waals surface area contributed by atoms with Crippen LogP contribution in [0.3, 0.4) is 0 Å². The molecule has 1 rings (SSSR count). The lowest BCUT2D eigenvalue weighted by Crippen LogP contribution is -2.38. The largest absolute Gasteiger partial charge is 0.337 e. The summed E-state index contributed by atoms with van der Waals surface area (Å²) in [6.07, 6.45) is 0. The summed E-state index contributed by atoms with van der Waals surface area (Å²) >= 11 is 5.73. The van der Waals surface area contributed by atoms with E-state index in [0.717, 1.165) is 5.56 Å². The van der Waals surface area contributed by atoms with Crippen molar-refractivity contribution in [3.63, 3.8) is 0 Å². The fourth-order valence-electron chi connectivity index (χ4n) is 1.52. The summed E-state index contributed by atoms with van der Waals surface area (Å²) in [5.41, 5.74) is 0.908. The number of nitrogens with one attached hydrogen (secondary N) is 2. The van der Waals surface area contributed by atoms with E-state index in [2.05, 4.69) is 10.6 Å². The van der Waals surface area contributed by atoms with Gasteiger partial charge in [0.05, 0.1) is 5.02 Å². The van der Waals surface area contributed by atoms with E-state index in [-0.39, 0.29) is 17.1 Å². The third kappa shape index (κ3) is 5.04. The molecule has 0 aromatic heterocycles. The van der Waals surface area contributed by atoms with Gasteiger partial charge >= 0.3 is 6.03 Å². The van der Waals surface area contributed by atoms with Crippen LogP contribution in [-0.4, -0.2) is 38.1 Å². The lowest BCUT2D eigenvalue weighted by molar-refractivity contribution is 0.217. The highest BCUT2D eigenvalue weighted by molar-refractivity contribution is 6.30. The van der Waals surface area contributed by atoms with Crippen molar-refractivity contribution in [2.75, 3.05) is 27.2 Å². The van der Waals surface area contributed by atoms with Crippen LogP contribution < -0.4 is 10.6 Å². The Morgan fingerprint density at radius 3 is 2.68 bits per heavy atom. The van der Waals surface area contributed by atoms with Gasteiger partial charge < -0.3 is 15.5 Å². The van der Waals surface area contributed by atoms with Crippen molar-refractivity contribution < 1.29 is 9.18 Å². The summed E-state index contributed by atoms with van der Waals surface area (Å²) in [6.45, 7) is 3.10. The third-order valence-electron chi connectivity index (χ3n) is 2.70. The van der Waals surface area contributed by atoms with Crippen LogP contribution in [0.15, 0.2) is 18.2 Å². The Balaban J connectivity index is 2.37. The van der Waals surface area contributed by atoms with Crippen LogP contribution in [0.1, 0.15) is 18.5 Å². The van der Waals surface area contributed by atoms with E-state index in [4.69, 9.17) is 11.6 Å². The third-order valence-corrected chi connectivity index (χ3v) is 2.99. The van der Waals surface area contributed by atoms with Crippen molar-refractivity contribution in [2.24, 2.45) is 0 Å². The lowest BCUT2D eigenvalue weighted by atomic mass is 10.1. The normalized spacial score (nSPS) is 12.1. The summed E-state index contributed by atoms with van der Waals surface area (Å²) in [6, 6.07) is 4.56. The van der Waals surface area contributed by atoms with Gasteiger partial charge in [-0.05, 0) is 24.6 Å². The highest BCUT2D eigenvalue weighted by Crippen LogP contribution is 2.20. The molecular formula is C13H19ClFN3O. The molecule has 0 aliphatic heterocycles. The van der Waals surface area contributed by atoms with Gasteiger partial charge in [0.2, 0.25) is 0 Å². The van der Waals surface area contributed by atoms with Crippen LogP contribution in [0, 0.1) is 5.82 Å². The van der Waals surface area contributed by atoms with Crippen LogP contribution in [0.2, 0.25) is 5.02 Å². The van der Waals surface area contributed by atoms with E-state index in [1.807, 2.05) is 6.92 Å². The first-order valence-electron chi connectivity index (χ1n) is 6.05. The number of hydrogen-bond donors (Lipinski definition) is 2. The van der Waals surface area contributed by atoms with Gasteiger partial charge in [-0.1, -0.05) is 17.7 Å². The van der Waals surface area contributed by atoms with Crippen LogP contribution >= 0.6 is 11.6 Å². The molecule has 1 aromatic carbocycles. The summed E-state index contributed by atoms with van der Waals surface area (Å²) in [4.78, 5) is 12.7. The molecule has 106 valence electrons. The Bertz CT molecular complexity index is 440. The molecule has 0 saturated heterocycles. The smallest absolute Gasteiger partial charge is 0.316 e. The molecule has 0 radical (unpaired) electrons. The molecule has 0 spiro atoms. The molecule has 19 heavy (non-hydrogen) atoms. The quantitative estimate of drug-likeness (QED) is 0.817. The Morgan fingerprint density at radius 1 is 1.42 bits per heavy atom. The maximum absolute atomic E-state index is 13.0. The maximum Gasteiger partial charge on any atom is 0.316 e. The van der Waals surface area contributed by atoms with Crippen molar-refractivity contribution >= 4 is 17.6 Å². The van der Waals surface area contributed by atoms with Crippen molar-refractivity contribution in [1.29, 1.82) is 0 Å². The monoisotopic (exact) mass is 287 g/mol. The zero-order chi connectivity index (χ0) is 14.4. The number of carbonyl (C=O) groups is 1. The second-order valence-electron chi connectivity index (χ2n) is 4.48. The van der Waals surface area contributed by atoms with E-state index < -0.39 is 5.82 Å². The Kier molecular flexibility index (Phi) is 6.05. The van der Waals surface area contributed by atoms with E-state index in [1.54, 1.807) is 26.2 Å². The maximum atomic E-state index is 13.0. The predicted octanol–water partition coefficient (Wildman–Crippen LogP) is 2.40. The highest BCUT2D eigenvalue weighted by Gasteiger charge is 2.08. The minimum absolute atomic E-state index is 0.0364. The molecular weight excluding hydrogens is 269 g/mol. The molecule has 0 fully saturated rings. The van der Waals surface area contributed by atoms with Gasteiger partial charge in [0.15, 0.2) is 0 Å². The summed E-state index contributed by atoms with van der Waals surface area (Å²) in [5, 5.41) is 6.09. The molecule has 2 amide bonds. The number of carbonyl (C=O) groups excluding carboxylic acids is 1. The second kappa shape index (κ2) is 7.31. The van der Waals surface area contributed by atoms with Crippen molar-refractivity contribution in [2.45, 2.75) is 13.0 Å². The average molecular weight is 288 g/mol. The average Bonchev–Trinajstić information content (AvgIpc) is 2.37. The SMILES string of the molecule is CC(NCCNC(=O)N(C)C)c1ccc(F)c(Cl)c1. The predicted molar refractivity (Wildman–Crippen MR) is 74.9 cm³/mol. The zero-order valence-electron chi connectivity index (χ0n) is 11.3. The molecule has 0 saturated carbocycles. The highest BCUT2D eigenvalue weighted by atomic mass is 35.5. The molecule has 0 bridgehead atoms. The molecule has 0 aliphatic rings. The van der Waals surface area contributed by atoms with E-state index in [1.165, 1.54) is 11.0 Å². The molecule has 1 aromatic rings. The van der Waals surface area contributed by atoms with Crippen LogP contribution in [0.4, 0.5) is 9.18 Å². The number of urea groups is 1. The molecule has 1 atom stereocenters. The van der Waals surface area contributed by atoms with E-state index in [0.29, 0.717) is 13.1 Å². The van der Waals surface area contributed by atoms with Gasteiger partial charge in [0.1, 0.15) is 5.82 Å². The van der Waals surface area contributed by atoms with Gasteiger partial charge in [-0.25, -0.2) is 9.18 Å². The fraction of sp³-hybridized carbons (Fsp3) is 0.462. The zero-order valence-corrected chi connectivity index (χ0v) is 12.1. The number of halogens is 2. The fourth-order valence-corrected chi connectivity index (χ4v) is 1.70. The Labute approximate surface area is 117 Å². The summed E-state index contributed by atoms with van der Waals surface area (Å²) < 4.78 is 13.0. The van der Waals surface area contributed by atoms with Gasteiger partial charge in [-0.15, -0.1) is 0 Å². The number of rotatable bonds is 5. The Morgan fingerprint density at radius 2 is 2.11 bits per heavy atom. The molecule has 4 nitrogen and oxygen atoms in total. The number of amides is 2. The van der Waals surface area contributed by atoms with Gasteiger partial charge in [0, 0.05) is 33.2 Å².